The Labute approximate surface area is 151 Å². The smallest absolute Gasteiger partial charge is 0.345 e. The van der Waals surface area contributed by atoms with Crippen molar-refractivity contribution in [3.05, 3.63) is 47.8 Å². The first-order valence-electron chi connectivity index (χ1n) is 7.53. The summed E-state index contributed by atoms with van der Waals surface area (Å²) in [6.07, 6.45) is -3.66. The fraction of sp³-hybridized carbons (Fsp3) is 0.312. The number of nitrogens with zero attached hydrogens (tertiary/aromatic N) is 1. The number of aromatic nitrogens is 1. The van der Waals surface area contributed by atoms with E-state index in [0.29, 0.717) is 0 Å². The molecule has 5 nitrogen and oxygen atoms in total. The Morgan fingerprint density at radius 1 is 1.19 bits per heavy atom. The molecule has 1 aromatic heterocycles. The minimum atomic E-state index is -4.67. The maximum absolute atomic E-state index is 13.2. The molecule has 2 rings (SSSR count). The Morgan fingerprint density at radius 3 is 2.37 bits per heavy atom. The predicted molar refractivity (Wildman–Crippen MR) is 87.0 cm³/mol. The lowest BCUT2D eigenvalue weighted by atomic mass is 10.2. The molecule has 0 aliphatic heterocycles. The minimum absolute atomic E-state index is 0.0739. The SMILES string of the molecule is C[C@H](CS(=O)(=O)c1cc(C(=O)Nc2ccc(F)c(F)c2)n(C)c1)C(F)(F)F. The number of halogens is 5. The average Bonchev–Trinajstić information content (AvgIpc) is 2.92. The van der Waals surface area contributed by atoms with E-state index in [0.717, 1.165) is 42.0 Å². The van der Waals surface area contributed by atoms with E-state index in [-0.39, 0.29) is 11.4 Å². The van der Waals surface area contributed by atoms with Crippen molar-refractivity contribution in [2.24, 2.45) is 13.0 Å². The number of hydrogen-bond donors (Lipinski definition) is 1. The third kappa shape index (κ3) is 4.85. The third-order valence-electron chi connectivity index (χ3n) is 3.78. The van der Waals surface area contributed by atoms with Gasteiger partial charge in [0.15, 0.2) is 21.5 Å². The standard InChI is InChI=1S/C16H15F5N2O3S/c1-9(16(19,20)21)8-27(25,26)11-6-14(23(2)7-11)15(24)22-10-3-4-12(17)13(18)5-10/h3-7,9H,8H2,1-2H3,(H,22,24)/t9-/m1/s1. The first-order valence-corrected chi connectivity index (χ1v) is 9.18. The molecule has 27 heavy (non-hydrogen) atoms. The minimum Gasteiger partial charge on any atom is -0.345 e. The van der Waals surface area contributed by atoms with Crippen molar-refractivity contribution >= 4 is 21.4 Å². The number of nitrogens with one attached hydrogen (secondary N) is 1. The highest BCUT2D eigenvalue weighted by Gasteiger charge is 2.39. The van der Waals surface area contributed by atoms with E-state index in [2.05, 4.69) is 5.32 Å². The van der Waals surface area contributed by atoms with Gasteiger partial charge in [-0.1, -0.05) is 6.92 Å². The van der Waals surface area contributed by atoms with Crippen LogP contribution in [0.4, 0.5) is 27.6 Å². The van der Waals surface area contributed by atoms with Crippen LogP contribution in [0.3, 0.4) is 0 Å². The maximum atomic E-state index is 13.2. The number of hydrogen-bond acceptors (Lipinski definition) is 3. The number of alkyl halides is 3. The second-order valence-corrected chi connectivity index (χ2v) is 8.01. The van der Waals surface area contributed by atoms with Crippen molar-refractivity contribution in [3.8, 4) is 0 Å². The number of anilines is 1. The molecule has 1 atom stereocenters. The highest BCUT2D eigenvalue weighted by atomic mass is 32.2. The van der Waals surface area contributed by atoms with Crippen LogP contribution in [0.5, 0.6) is 0 Å². The lowest BCUT2D eigenvalue weighted by molar-refractivity contribution is -0.163. The molecule has 1 N–H and O–H groups in total. The van der Waals surface area contributed by atoms with Gasteiger partial charge in [0.05, 0.1) is 16.6 Å². The zero-order valence-electron chi connectivity index (χ0n) is 14.1. The molecule has 0 saturated heterocycles. The van der Waals surface area contributed by atoms with Gasteiger partial charge in [-0.25, -0.2) is 17.2 Å². The van der Waals surface area contributed by atoms with Crippen molar-refractivity contribution < 1.29 is 35.2 Å². The molecule has 11 heteroatoms. The van der Waals surface area contributed by atoms with Crippen LogP contribution >= 0.6 is 0 Å². The van der Waals surface area contributed by atoms with Crippen molar-refractivity contribution in [1.29, 1.82) is 0 Å². The highest BCUT2D eigenvalue weighted by molar-refractivity contribution is 7.91. The summed E-state index contributed by atoms with van der Waals surface area (Å²) < 4.78 is 89.4. The van der Waals surface area contributed by atoms with Gasteiger partial charge in [0.25, 0.3) is 5.91 Å². The van der Waals surface area contributed by atoms with Crippen LogP contribution in [0.2, 0.25) is 0 Å². The summed E-state index contributed by atoms with van der Waals surface area (Å²) in [7, 11) is -2.97. The lowest BCUT2D eigenvalue weighted by Crippen LogP contribution is -2.27. The van der Waals surface area contributed by atoms with Gasteiger partial charge in [0, 0.05) is 25.0 Å². The molecule has 1 amide bonds. The Kier molecular flexibility index (Phi) is 5.64. The molecular weight excluding hydrogens is 395 g/mol. The van der Waals surface area contributed by atoms with E-state index in [9.17, 15) is 35.2 Å². The molecule has 0 spiro atoms. The fourth-order valence-electron chi connectivity index (χ4n) is 2.22. The van der Waals surface area contributed by atoms with Gasteiger partial charge < -0.3 is 9.88 Å². The van der Waals surface area contributed by atoms with Crippen molar-refractivity contribution in [2.75, 3.05) is 11.1 Å². The van der Waals surface area contributed by atoms with E-state index < -0.39 is 50.1 Å². The summed E-state index contributed by atoms with van der Waals surface area (Å²) in [5, 5.41) is 2.26. The summed E-state index contributed by atoms with van der Waals surface area (Å²) in [6.45, 7) is 0.747. The van der Waals surface area contributed by atoms with Gasteiger partial charge in [0.2, 0.25) is 0 Å². The molecule has 0 unspecified atom stereocenters. The molecule has 0 fully saturated rings. The second-order valence-electron chi connectivity index (χ2n) is 5.98. The molecule has 0 bridgehead atoms. The number of carbonyl (C=O) groups is 1. The van der Waals surface area contributed by atoms with Crippen molar-refractivity contribution in [1.82, 2.24) is 4.57 Å². The topological polar surface area (TPSA) is 68.2 Å². The van der Waals surface area contributed by atoms with Gasteiger partial charge in [0.1, 0.15) is 5.69 Å². The summed E-state index contributed by atoms with van der Waals surface area (Å²) in [6, 6.07) is 3.55. The Morgan fingerprint density at radius 2 is 1.81 bits per heavy atom. The van der Waals surface area contributed by atoms with Crippen LogP contribution in [0.1, 0.15) is 17.4 Å². The molecule has 0 radical (unpaired) electrons. The molecule has 148 valence electrons. The number of carbonyl (C=O) groups excluding carboxylic acids is 1. The Balaban J connectivity index is 2.24. The quantitative estimate of drug-likeness (QED) is 0.767. The predicted octanol–water partition coefficient (Wildman–Crippen LogP) is 3.53. The number of sulfone groups is 1. The van der Waals surface area contributed by atoms with E-state index >= 15 is 0 Å². The average molecular weight is 410 g/mol. The van der Waals surface area contributed by atoms with Crippen molar-refractivity contribution in [2.45, 2.75) is 18.0 Å². The highest BCUT2D eigenvalue weighted by Crippen LogP contribution is 2.29. The number of rotatable bonds is 5. The molecule has 1 aromatic carbocycles. The number of benzene rings is 1. The summed E-state index contributed by atoms with van der Waals surface area (Å²) in [5.41, 5.74) is -0.256. The molecular formula is C16H15F5N2O3S. The first-order chi connectivity index (χ1) is 12.3. The summed E-state index contributed by atoms with van der Waals surface area (Å²) >= 11 is 0. The zero-order valence-corrected chi connectivity index (χ0v) is 15.0. The molecule has 0 aliphatic carbocycles. The van der Waals surface area contributed by atoms with Gasteiger partial charge in [-0.05, 0) is 18.2 Å². The zero-order chi connectivity index (χ0) is 20.6. The van der Waals surface area contributed by atoms with Crippen LogP contribution in [0.15, 0.2) is 35.4 Å². The molecule has 0 aliphatic rings. The van der Waals surface area contributed by atoms with Gasteiger partial charge in [-0.2, -0.15) is 13.2 Å². The van der Waals surface area contributed by atoms with E-state index in [1.807, 2.05) is 0 Å². The lowest BCUT2D eigenvalue weighted by Gasteiger charge is -2.14. The van der Waals surface area contributed by atoms with Gasteiger partial charge in [-0.3, -0.25) is 4.79 Å². The summed E-state index contributed by atoms with van der Waals surface area (Å²) in [5.74, 6) is -6.38. The van der Waals surface area contributed by atoms with E-state index in [1.165, 1.54) is 7.05 Å². The van der Waals surface area contributed by atoms with E-state index in [4.69, 9.17) is 0 Å². The molecule has 1 heterocycles. The molecule has 0 saturated carbocycles. The van der Waals surface area contributed by atoms with Crippen LogP contribution in [0.25, 0.3) is 0 Å². The largest absolute Gasteiger partial charge is 0.392 e. The summed E-state index contributed by atoms with van der Waals surface area (Å²) in [4.78, 5) is 11.8. The van der Waals surface area contributed by atoms with Crippen LogP contribution < -0.4 is 5.32 Å². The Bertz CT molecular complexity index is 967. The normalized spacial score (nSPS) is 13.4. The fourth-order valence-corrected chi connectivity index (χ4v) is 3.87. The first kappa shape index (κ1) is 20.9. The third-order valence-corrected chi connectivity index (χ3v) is 5.66. The van der Waals surface area contributed by atoms with E-state index in [1.54, 1.807) is 0 Å². The Hall–Kier alpha value is -2.43. The number of amides is 1. The second kappa shape index (κ2) is 7.29. The van der Waals surface area contributed by atoms with Crippen LogP contribution in [0, 0.1) is 17.6 Å². The maximum Gasteiger partial charge on any atom is 0.392 e. The monoisotopic (exact) mass is 410 g/mol. The van der Waals surface area contributed by atoms with Gasteiger partial charge >= 0.3 is 6.18 Å². The van der Waals surface area contributed by atoms with Crippen molar-refractivity contribution in [3.63, 3.8) is 0 Å². The molecule has 2 aromatic rings. The van der Waals surface area contributed by atoms with Crippen LogP contribution in [-0.4, -0.2) is 30.8 Å². The number of aryl methyl sites for hydroxylation is 1. The van der Waals surface area contributed by atoms with Gasteiger partial charge in [-0.15, -0.1) is 0 Å². The van der Waals surface area contributed by atoms with Crippen LogP contribution in [-0.2, 0) is 16.9 Å².